The number of hydrazone groups is 1. The highest BCUT2D eigenvalue weighted by Crippen LogP contribution is 2.25. The molecule has 0 saturated heterocycles. The van der Waals surface area contributed by atoms with Gasteiger partial charge in [0.1, 0.15) is 0 Å². The highest BCUT2D eigenvalue weighted by molar-refractivity contribution is 5.96. The minimum atomic E-state index is -0.386. The van der Waals surface area contributed by atoms with E-state index < -0.39 is 0 Å². The molecule has 0 aliphatic rings. The Hall–Kier alpha value is -3.55. The van der Waals surface area contributed by atoms with Gasteiger partial charge >= 0.3 is 6.03 Å². The summed E-state index contributed by atoms with van der Waals surface area (Å²) in [6.07, 6.45) is 1.44. The second kappa shape index (κ2) is 9.96. The molecule has 0 radical (unpaired) electrons. The first-order chi connectivity index (χ1) is 13.5. The average molecular weight is 384 g/mol. The van der Waals surface area contributed by atoms with E-state index in [2.05, 4.69) is 15.8 Å². The zero-order chi connectivity index (χ0) is 20.5. The van der Waals surface area contributed by atoms with Gasteiger partial charge in [-0.25, -0.2) is 10.2 Å². The molecule has 148 valence electrons. The lowest BCUT2D eigenvalue weighted by Gasteiger charge is -2.19. The van der Waals surface area contributed by atoms with Crippen LogP contribution >= 0.6 is 0 Å². The van der Waals surface area contributed by atoms with Crippen molar-refractivity contribution in [2.75, 3.05) is 25.5 Å². The van der Waals surface area contributed by atoms with E-state index in [1.807, 2.05) is 13.8 Å². The monoisotopic (exact) mass is 384 g/mol. The predicted molar refractivity (Wildman–Crippen MR) is 108 cm³/mol. The topological polar surface area (TPSA) is 103 Å². The number of nitrogens with zero attached hydrogens (tertiary/aromatic N) is 2. The van der Waals surface area contributed by atoms with Gasteiger partial charge in [0.2, 0.25) is 0 Å². The third-order valence-electron chi connectivity index (χ3n) is 4.03. The number of hydrogen-bond acceptors (Lipinski definition) is 5. The summed E-state index contributed by atoms with van der Waals surface area (Å²) in [7, 11) is 1.45. The molecule has 0 atom stereocenters. The van der Waals surface area contributed by atoms with Gasteiger partial charge < -0.3 is 20.1 Å². The molecule has 0 aromatic heterocycles. The first-order valence-electron chi connectivity index (χ1n) is 8.84. The Labute approximate surface area is 163 Å². The Morgan fingerprint density at radius 3 is 2.43 bits per heavy atom. The molecule has 2 rings (SSSR count). The third kappa shape index (κ3) is 5.47. The van der Waals surface area contributed by atoms with Crippen molar-refractivity contribution in [3.05, 3.63) is 53.6 Å². The number of phenolic OH excluding ortho intramolecular Hbond substituents is 1. The fourth-order valence-corrected chi connectivity index (χ4v) is 2.42. The van der Waals surface area contributed by atoms with Crippen LogP contribution in [0.2, 0.25) is 0 Å². The lowest BCUT2D eigenvalue weighted by atomic mass is 10.2. The standard InChI is InChI=1S/C20H24N4O4/c1-4-24(5-2)20(27)22-16-9-7-15(8-10-16)19(26)23-21-13-14-6-11-17(25)18(12-14)28-3/h6-13,25H,4-5H2,1-3H3,(H,22,27)(H,23,26). The number of carbonyl (C=O) groups is 2. The third-order valence-corrected chi connectivity index (χ3v) is 4.03. The molecule has 8 nitrogen and oxygen atoms in total. The van der Waals surface area contributed by atoms with Crippen LogP contribution in [0, 0.1) is 0 Å². The normalized spacial score (nSPS) is 10.5. The Morgan fingerprint density at radius 1 is 1.14 bits per heavy atom. The van der Waals surface area contributed by atoms with Gasteiger partial charge in [-0.15, -0.1) is 0 Å². The second-order valence-corrected chi connectivity index (χ2v) is 5.81. The van der Waals surface area contributed by atoms with Crippen LogP contribution in [0.3, 0.4) is 0 Å². The van der Waals surface area contributed by atoms with Crippen molar-refractivity contribution in [1.82, 2.24) is 10.3 Å². The first kappa shape index (κ1) is 20.8. The molecule has 0 bridgehead atoms. The van der Waals surface area contributed by atoms with Crippen molar-refractivity contribution in [1.29, 1.82) is 0 Å². The summed E-state index contributed by atoms with van der Waals surface area (Å²) in [4.78, 5) is 25.8. The Balaban J connectivity index is 1.95. The van der Waals surface area contributed by atoms with Crippen LogP contribution in [0.1, 0.15) is 29.8 Å². The van der Waals surface area contributed by atoms with Gasteiger partial charge in [-0.1, -0.05) is 0 Å². The van der Waals surface area contributed by atoms with Crippen molar-refractivity contribution < 1.29 is 19.4 Å². The van der Waals surface area contributed by atoms with E-state index in [0.29, 0.717) is 35.7 Å². The summed E-state index contributed by atoms with van der Waals surface area (Å²) in [6.45, 7) is 5.05. The molecule has 0 unspecified atom stereocenters. The number of benzene rings is 2. The molecular formula is C20H24N4O4. The van der Waals surface area contributed by atoms with Gasteiger partial charge in [-0.2, -0.15) is 5.10 Å². The van der Waals surface area contributed by atoms with Crippen LogP contribution in [0.5, 0.6) is 11.5 Å². The summed E-state index contributed by atoms with van der Waals surface area (Å²) in [5.41, 5.74) is 4.09. The molecule has 2 aromatic rings. The highest BCUT2D eigenvalue weighted by atomic mass is 16.5. The van der Waals surface area contributed by atoms with Gasteiger partial charge in [0, 0.05) is 24.3 Å². The number of methoxy groups -OCH3 is 1. The van der Waals surface area contributed by atoms with E-state index in [1.54, 1.807) is 41.3 Å². The summed E-state index contributed by atoms with van der Waals surface area (Å²) in [5.74, 6) is -0.0434. The van der Waals surface area contributed by atoms with E-state index in [0.717, 1.165) is 0 Å². The molecule has 0 heterocycles. The van der Waals surface area contributed by atoms with E-state index in [1.165, 1.54) is 19.4 Å². The van der Waals surface area contributed by atoms with Crippen LogP contribution < -0.4 is 15.5 Å². The minimum Gasteiger partial charge on any atom is -0.504 e. The zero-order valence-electron chi connectivity index (χ0n) is 16.1. The fourth-order valence-electron chi connectivity index (χ4n) is 2.42. The molecule has 2 aromatic carbocycles. The summed E-state index contributed by atoms with van der Waals surface area (Å²) in [5, 5.41) is 16.2. The summed E-state index contributed by atoms with van der Waals surface area (Å²) >= 11 is 0. The van der Waals surface area contributed by atoms with Crippen LogP contribution in [0.25, 0.3) is 0 Å². The number of carbonyl (C=O) groups excluding carboxylic acids is 2. The number of anilines is 1. The predicted octanol–water partition coefficient (Wildman–Crippen LogP) is 3.04. The number of urea groups is 1. The average Bonchev–Trinajstić information content (AvgIpc) is 2.70. The maximum atomic E-state index is 12.2. The van der Waals surface area contributed by atoms with Crippen molar-refractivity contribution in [2.45, 2.75) is 13.8 Å². The van der Waals surface area contributed by atoms with Crippen molar-refractivity contribution in [2.24, 2.45) is 5.10 Å². The van der Waals surface area contributed by atoms with E-state index >= 15 is 0 Å². The second-order valence-electron chi connectivity index (χ2n) is 5.81. The van der Waals surface area contributed by atoms with Crippen LogP contribution in [0.4, 0.5) is 10.5 Å². The molecule has 0 aliphatic carbocycles. The van der Waals surface area contributed by atoms with Gasteiger partial charge in [0.05, 0.1) is 13.3 Å². The Kier molecular flexibility index (Phi) is 7.38. The number of nitrogens with one attached hydrogen (secondary N) is 2. The van der Waals surface area contributed by atoms with E-state index in [-0.39, 0.29) is 17.7 Å². The van der Waals surface area contributed by atoms with Crippen molar-refractivity contribution in [3.8, 4) is 11.5 Å². The van der Waals surface area contributed by atoms with Crippen molar-refractivity contribution >= 4 is 23.8 Å². The maximum absolute atomic E-state index is 12.2. The van der Waals surface area contributed by atoms with Gasteiger partial charge in [-0.05, 0) is 61.9 Å². The zero-order valence-corrected chi connectivity index (χ0v) is 16.1. The molecule has 0 spiro atoms. The van der Waals surface area contributed by atoms with Gasteiger partial charge in [0.25, 0.3) is 5.91 Å². The summed E-state index contributed by atoms with van der Waals surface area (Å²) in [6, 6.07) is 11.1. The van der Waals surface area contributed by atoms with Crippen molar-refractivity contribution in [3.63, 3.8) is 0 Å². The molecule has 28 heavy (non-hydrogen) atoms. The number of hydrogen-bond donors (Lipinski definition) is 3. The number of rotatable bonds is 7. The fraction of sp³-hybridized carbons (Fsp3) is 0.250. The quantitative estimate of drug-likeness (QED) is 0.504. The summed E-state index contributed by atoms with van der Waals surface area (Å²) < 4.78 is 5.02. The maximum Gasteiger partial charge on any atom is 0.321 e. The van der Waals surface area contributed by atoms with Crippen LogP contribution in [-0.2, 0) is 0 Å². The Morgan fingerprint density at radius 2 is 1.82 bits per heavy atom. The van der Waals surface area contributed by atoms with E-state index in [9.17, 15) is 14.7 Å². The van der Waals surface area contributed by atoms with E-state index in [4.69, 9.17) is 4.74 Å². The Bertz CT molecular complexity index is 846. The minimum absolute atomic E-state index is 0.0249. The molecule has 0 fully saturated rings. The number of amides is 3. The largest absolute Gasteiger partial charge is 0.504 e. The van der Waals surface area contributed by atoms with Gasteiger partial charge in [0.15, 0.2) is 11.5 Å². The highest BCUT2D eigenvalue weighted by Gasteiger charge is 2.10. The van der Waals surface area contributed by atoms with Crippen LogP contribution in [0.15, 0.2) is 47.6 Å². The molecule has 8 heteroatoms. The lowest BCUT2D eigenvalue weighted by Crippen LogP contribution is -2.34. The van der Waals surface area contributed by atoms with Gasteiger partial charge in [-0.3, -0.25) is 4.79 Å². The first-order valence-corrected chi connectivity index (χ1v) is 8.84. The number of aromatic hydroxyl groups is 1. The van der Waals surface area contributed by atoms with Crippen LogP contribution in [-0.4, -0.2) is 48.4 Å². The molecule has 0 aliphatic heterocycles. The molecular weight excluding hydrogens is 360 g/mol. The molecule has 0 saturated carbocycles. The SMILES string of the molecule is CCN(CC)C(=O)Nc1ccc(C(=O)NN=Cc2ccc(O)c(OC)c2)cc1. The molecule has 3 N–H and O–H groups in total. The number of ether oxygens (including phenoxy) is 1. The number of phenols is 1. The lowest BCUT2D eigenvalue weighted by molar-refractivity contribution is 0.0955. The smallest absolute Gasteiger partial charge is 0.321 e. The molecule has 3 amide bonds.